The van der Waals surface area contributed by atoms with E-state index in [1.165, 1.54) is 24.0 Å². The van der Waals surface area contributed by atoms with E-state index in [9.17, 15) is 18.0 Å². The van der Waals surface area contributed by atoms with Gasteiger partial charge in [0.25, 0.3) is 0 Å². The molecule has 0 aliphatic carbocycles. The first kappa shape index (κ1) is 19.4. The summed E-state index contributed by atoms with van der Waals surface area (Å²) in [7, 11) is -3.77. The van der Waals surface area contributed by atoms with Gasteiger partial charge < -0.3 is 9.64 Å². The molecule has 0 radical (unpaired) electrons. The molecule has 1 aromatic carbocycles. The molecule has 1 fully saturated rings. The molecule has 1 amide bonds. The first-order valence-corrected chi connectivity index (χ1v) is 9.86. The number of nitrogens with one attached hydrogen (secondary N) is 1. The fourth-order valence-corrected chi connectivity index (χ4v) is 4.07. The lowest BCUT2D eigenvalue weighted by Gasteiger charge is -2.33. The molecule has 138 valence electrons. The van der Waals surface area contributed by atoms with E-state index in [-0.39, 0.29) is 29.2 Å². The Kier molecular flexibility index (Phi) is 6.55. The predicted octanol–water partition coefficient (Wildman–Crippen LogP) is 1.16. The normalized spacial score (nSPS) is 19.3. The molecule has 1 saturated heterocycles. The number of nitrogens with zero attached hydrogens (tertiary/aromatic N) is 1. The Morgan fingerprint density at radius 1 is 1.32 bits per heavy atom. The van der Waals surface area contributed by atoms with Crippen molar-refractivity contribution in [2.45, 2.75) is 37.6 Å². The summed E-state index contributed by atoms with van der Waals surface area (Å²) in [5.41, 5.74) is 0. The maximum absolute atomic E-state index is 12.6. The Bertz CT molecular complexity index is 705. The quantitative estimate of drug-likeness (QED) is 0.761. The summed E-state index contributed by atoms with van der Waals surface area (Å²) in [5.74, 6) is -0.999. The minimum absolute atomic E-state index is 0.109. The van der Waals surface area contributed by atoms with Gasteiger partial charge in [-0.2, -0.15) is 4.72 Å². The second kappa shape index (κ2) is 8.44. The van der Waals surface area contributed by atoms with E-state index in [4.69, 9.17) is 4.74 Å². The Labute approximate surface area is 148 Å². The second-order valence-corrected chi connectivity index (χ2v) is 7.75. The van der Waals surface area contributed by atoms with Crippen LogP contribution in [-0.4, -0.2) is 50.9 Å². The van der Waals surface area contributed by atoms with Crippen molar-refractivity contribution in [1.29, 1.82) is 0 Å². The van der Waals surface area contributed by atoms with Crippen LogP contribution in [0, 0.1) is 5.92 Å². The molecule has 8 heteroatoms. The average molecular weight is 368 g/mol. The number of amides is 1. The first-order chi connectivity index (χ1) is 11.8. The minimum atomic E-state index is -3.77. The molecule has 2 rings (SSSR count). The number of esters is 1. The number of piperidine rings is 1. The fourth-order valence-electron chi connectivity index (χ4n) is 2.85. The average Bonchev–Trinajstić information content (AvgIpc) is 2.61. The van der Waals surface area contributed by atoms with E-state index in [0.717, 1.165) is 0 Å². The lowest BCUT2D eigenvalue weighted by Crippen LogP contribution is -2.51. The molecule has 1 aliphatic rings. The van der Waals surface area contributed by atoms with Crippen LogP contribution in [0.5, 0.6) is 0 Å². The topological polar surface area (TPSA) is 92.8 Å². The van der Waals surface area contributed by atoms with Crippen LogP contribution >= 0.6 is 0 Å². The van der Waals surface area contributed by atoms with Crippen molar-refractivity contribution < 1.29 is 22.7 Å². The van der Waals surface area contributed by atoms with Crippen molar-refractivity contribution in [3.63, 3.8) is 0 Å². The summed E-state index contributed by atoms with van der Waals surface area (Å²) in [5, 5.41) is 0. The van der Waals surface area contributed by atoms with Crippen LogP contribution < -0.4 is 4.72 Å². The first-order valence-electron chi connectivity index (χ1n) is 8.38. The van der Waals surface area contributed by atoms with E-state index in [1.807, 2.05) is 0 Å². The number of carbonyl (C=O) groups is 2. The summed E-state index contributed by atoms with van der Waals surface area (Å²) in [4.78, 5) is 26.1. The molecule has 1 aromatic rings. The van der Waals surface area contributed by atoms with Gasteiger partial charge in [-0.3, -0.25) is 9.59 Å². The zero-order chi connectivity index (χ0) is 18.4. The Hall–Kier alpha value is -1.93. The molecule has 7 nitrogen and oxygen atoms in total. The van der Waals surface area contributed by atoms with Crippen LogP contribution in [0.3, 0.4) is 0 Å². The SMILES string of the molecule is CCOC(=O)C1CCCN(C(=O)[C@H](C)NS(=O)(=O)c2ccccc2)C1. The van der Waals surface area contributed by atoms with Gasteiger partial charge in [0.1, 0.15) is 0 Å². The summed E-state index contributed by atoms with van der Waals surface area (Å²) in [6, 6.07) is 6.99. The van der Waals surface area contributed by atoms with Crippen molar-refractivity contribution in [3.05, 3.63) is 30.3 Å². The number of likely N-dealkylation sites (tertiary alicyclic amines) is 1. The molecule has 1 heterocycles. The van der Waals surface area contributed by atoms with E-state index in [2.05, 4.69) is 4.72 Å². The number of hydrogen-bond donors (Lipinski definition) is 1. The van der Waals surface area contributed by atoms with Crippen LogP contribution in [0.1, 0.15) is 26.7 Å². The van der Waals surface area contributed by atoms with Crippen LogP contribution in [-0.2, 0) is 24.3 Å². The third kappa shape index (κ3) is 5.02. The maximum atomic E-state index is 12.6. The molecule has 0 aromatic heterocycles. The van der Waals surface area contributed by atoms with Crippen molar-refractivity contribution >= 4 is 21.9 Å². The van der Waals surface area contributed by atoms with Crippen LogP contribution in [0.15, 0.2) is 35.2 Å². The molecule has 0 saturated carbocycles. The smallest absolute Gasteiger partial charge is 0.310 e. The minimum Gasteiger partial charge on any atom is -0.466 e. The molecule has 25 heavy (non-hydrogen) atoms. The molecule has 1 N–H and O–H groups in total. The maximum Gasteiger partial charge on any atom is 0.310 e. The lowest BCUT2D eigenvalue weighted by molar-refractivity contribution is -0.151. The number of sulfonamides is 1. The Morgan fingerprint density at radius 3 is 2.64 bits per heavy atom. The summed E-state index contributed by atoms with van der Waals surface area (Å²) in [6.07, 6.45) is 1.36. The number of ether oxygens (including phenoxy) is 1. The third-order valence-corrected chi connectivity index (χ3v) is 5.67. The van der Waals surface area contributed by atoms with Crippen molar-refractivity contribution in [2.24, 2.45) is 5.92 Å². The van der Waals surface area contributed by atoms with Gasteiger partial charge in [-0.15, -0.1) is 0 Å². The van der Waals surface area contributed by atoms with E-state index < -0.39 is 16.1 Å². The molecule has 1 aliphatic heterocycles. The highest BCUT2D eigenvalue weighted by Gasteiger charge is 2.32. The number of carbonyl (C=O) groups excluding carboxylic acids is 2. The summed E-state index contributed by atoms with van der Waals surface area (Å²) >= 11 is 0. The third-order valence-electron chi connectivity index (χ3n) is 4.11. The largest absolute Gasteiger partial charge is 0.466 e. The summed E-state index contributed by atoms with van der Waals surface area (Å²) < 4.78 is 32.1. The number of benzene rings is 1. The highest BCUT2D eigenvalue weighted by Crippen LogP contribution is 2.19. The number of rotatable bonds is 6. The predicted molar refractivity (Wildman–Crippen MR) is 92.2 cm³/mol. The van der Waals surface area contributed by atoms with E-state index in [1.54, 1.807) is 25.1 Å². The van der Waals surface area contributed by atoms with Gasteiger partial charge in [0.15, 0.2) is 0 Å². The zero-order valence-corrected chi connectivity index (χ0v) is 15.3. The highest BCUT2D eigenvalue weighted by atomic mass is 32.2. The van der Waals surface area contributed by atoms with Crippen LogP contribution in [0.2, 0.25) is 0 Å². The van der Waals surface area contributed by atoms with Crippen molar-refractivity contribution in [3.8, 4) is 0 Å². The van der Waals surface area contributed by atoms with Crippen molar-refractivity contribution in [1.82, 2.24) is 9.62 Å². The molecular formula is C17H24N2O5S. The van der Waals surface area contributed by atoms with E-state index >= 15 is 0 Å². The van der Waals surface area contributed by atoms with Gasteiger partial charge in [0, 0.05) is 13.1 Å². The highest BCUT2D eigenvalue weighted by molar-refractivity contribution is 7.89. The summed E-state index contributed by atoms with van der Waals surface area (Å²) in [6.45, 7) is 4.32. The van der Waals surface area contributed by atoms with Gasteiger partial charge in [-0.25, -0.2) is 8.42 Å². The molecule has 1 unspecified atom stereocenters. The van der Waals surface area contributed by atoms with Gasteiger partial charge in [0.05, 0.1) is 23.5 Å². The monoisotopic (exact) mass is 368 g/mol. The van der Waals surface area contributed by atoms with Crippen LogP contribution in [0.25, 0.3) is 0 Å². The standard InChI is InChI=1S/C17H24N2O5S/c1-3-24-17(21)14-8-7-11-19(12-14)16(20)13(2)18-25(22,23)15-9-5-4-6-10-15/h4-6,9-10,13-14,18H,3,7-8,11-12H2,1-2H3/t13-,14?/m0/s1. The van der Waals surface area contributed by atoms with Gasteiger partial charge in [0.2, 0.25) is 15.9 Å². The van der Waals surface area contributed by atoms with Gasteiger partial charge in [-0.05, 0) is 38.8 Å². The molecular weight excluding hydrogens is 344 g/mol. The lowest BCUT2D eigenvalue weighted by atomic mass is 9.98. The second-order valence-electron chi connectivity index (χ2n) is 6.03. The van der Waals surface area contributed by atoms with Crippen molar-refractivity contribution in [2.75, 3.05) is 19.7 Å². The van der Waals surface area contributed by atoms with E-state index in [0.29, 0.717) is 26.0 Å². The zero-order valence-electron chi connectivity index (χ0n) is 14.5. The number of hydrogen-bond acceptors (Lipinski definition) is 5. The fraction of sp³-hybridized carbons (Fsp3) is 0.529. The Balaban J connectivity index is 2.01. The van der Waals surface area contributed by atoms with Gasteiger partial charge in [-0.1, -0.05) is 18.2 Å². The van der Waals surface area contributed by atoms with Crippen LogP contribution in [0.4, 0.5) is 0 Å². The molecule has 2 atom stereocenters. The van der Waals surface area contributed by atoms with Gasteiger partial charge >= 0.3 is 5.97 Å². The Morgan fingerprint density at radius 2 is 2.00 bits per heavy atom. The molecule has 0 spiro atoms. The molecule has 0 bridgehead atoms.